The SMILES string of the molecule is CCNC(=NCC(C)CO)NC1CCN(C(=O)C(CC)CC)CC1. The molecule has 3 N–H and O–H groups in total. The normalized spacial score (nSPS) is 17.9. The highest BCUT2D eigenvalue weighted by Gasteiger charge is 2.26. The summed E-state index contributed by atoms with van der Waals surface area (Å²) < 4.78 is 0. The molecule has 0 saturated carbocycles. The molecule has 6 heteroatoms. The summed E-state index contributed by atoms with van der Waals surface area (Å²) in [5, 5.41) is 15.8. The molecule has 6 nitrogen and oxygen atoms in total. The molecule has 1 rings (SSSR count). The monoisotopic (exact) mass is 340 g/mol. The first-order valence-electron chi connectivity index (χ1n) is 9.50. The van der Waals surface area contributed by atoms with Crippen LogP contribution in [0.25, 0.3) is 0 Å². The van der Waals surface area contributed by atoms with Crippen LogP contribution in [-0.2, 0) is 4.79 Å². The van der Waals surface area contributed by atoms with Crippen LogP contribution in [0.2, 0.25) is 0 Å². The predicted octanol–water partition coefficient (Wildman–Crippen LogP) is 1.60. The standard InChI is InChI=1S/C18H36N4O2/c1-5-15(6-2)17(24)22-10-8-16(9-11-22)21-18(19-7-3)20-12-14(4)13-23/h14-16,23H,5-13H2,1-4H3,(H2,19,20,21). The lowest BCUT2D eigenvalue weighted by Gasteiger charge is -2.35. The van der Waals surface area contributed by atoms with Crippen molar-refractivity contribution in [3.63, 3.8) is 0 Å². The second-order valence-corrected chi connectivity index (χ2v) is 6.76. The summed E-state index contributed by atoms with van der Waals surface area (Å²) >= 11 is 0. The lowest BCUT2D eigenvalue weighted by atomic mass is 9.98. The highest BCUT2D eigenvalue weighted by atomic mass is 16.3. The Balaban J connectivity index is 2.49. The predicted molar refractivity (Wildman–Crippen MR) is 99.0 cm³/mol. The molecule has 0 radical (unpaired) electrons. The third kappa shape index (κ3) is 6.67. The van der Waals surface area contributed by atoms with E-state index >= 15 is 0 Å². The Hall–Kier alpha value is -1.30. The van der Waals surface area contributed by atoms with E-state index in [1.165, 1.54) is 0 Å². The number of aliphatic hydroxyl groups is 1. The van der Waals surface area contributed by atoms with E-state index in [2.05, 4.69) is 29.5 Å². The Morgan fingerprint density at radius 2 is 1.88 bits per heavy atom. The van der Waals surface area contributed by atoms with Crippen molar-refractivity contribution in [3.05, 3.63) is 0 Å². The van der Waals surface area contributed by atoms with Gasteiger partial charge in [-0.3, -0.25) is 9.79 Å². The van der Waals surface area contributed by atoms with Crippen molar-refractivity contribution in [2.75, 3.05) is 32.8 Å². The van der Waals surface area contributed by atoms with E-state index in [9.17, 15) is 4.79 Å². The number of likely N-dealkylation sites (tertiary alicyclic amines) is 1. The van der Waals surface area contributed by atoms with Crippen LogP contribution < -0.4 is 10.6 Å². The molecular formula is C18H36N4O2. The van der Waals surface area contributed by atoms with Gasteiger partial charge in [-0.15, -0.1) is 0 Å². The molecule has 1 saturated heterocycles. The van der Waals surface area contributed by atoms with E-state index in [1.54, 1.807) is 0 Å². The molecule has 1 aliphatic heterocycles. The van der Waals surface area contributed by atoms with Gasteiger partial charge in [-0.1, -0.05) is 20.8 Å². The van der Waals surface area contributed by atoms with Crippen molar-refractivity contribution in [1.29, 1.82) is 0 Å². The summed E-state index contributed by atoms with van der Waals surface area (Å²) in [7, 11) is 0. The average molecular weight is 341 g/mol. The minimum absolute atomic E-state index is 0.152. The molecule has 1 atom stereocenters. The van der Waals surface area contributed by atoms with Crippen LogP contribution in [0.1, 0.15) is 53.4 Å². The van der Waals surface area contributed by atoms with Crippen LogP contribution in [0.3, 0.4) is 0 Å². The zero-order valence-corrected chi connectivity index (χ0v) is 15.8. The molecule has 0 aromatic heterocycles. The van der Waals surface area contributed by atoms with E-state index in [4.69, 9.17) is 5.11 Å². The minimum Gasteiger partial charge on any atom is -0.396 e. The third-order valence-corrected chi connectivity index (χ3v) is 4.70. The zero-order valence-electron chi connectivity index (χ0n) is 15.8. The van der Waals surface area contributed by atoms with Crippen LogP contribution in [-0.4, -0.2) is 60.7 Å². The fraction of sp³-hybridized carbons (Fsp3) is 0.889. The van der Waals surface area contributed by atoms with Gasteiger partial charge in [-0.05, 0) is 38.5 Å². The topological polar surface area (TPSA) is 77.0 Å². The van der Waals surface area contributed by atoms with Gasteiger partial charge in [0.1, 0.15) is 0 Å². The number of hydrogen-bond donors (Lipinski definition) is 3. The minimum atomic E-state index is 0.152. The first-order valence-corrected chi connectivity index (χ1v) is 9.50. The van der Waals surface area contributed by atoms with E-state index in [0.717, 1.165) is 51.3 Å². The molecule has 0 bridgehead atoms. The smallest absolute Gasteiger partial charge is 0.225 e. The third-order valence-electron chi connectivity index (χ3n) is 4.70. The Morgan fingerprint density at radius 3 is 2.38 bits per heavy atom. The maximum absolute atomic E-state index is 12.4. The number of carbonyl (C=O) groups is 1. The lowest BCUT2D eigenvalue weighted by molar-refractivity contribution is -0.136. The van der Waals surface area contributed by atoms with Crippen molar-refractivity contribution in [3.8, 4) is 0 Å². The quantitative estimate of drug-likeness (QED) is 0.463. The molecule has 1 unspecified atom stereocenters. The fourth-order valence-electron chi connectivity index (χ4n) is 2.96. The van der Waals surface area contributed by atoms with Gasteiger partial charge in [0.2, 0.25) is 5.91 Å². The van der Waals surface area contributed by atoms with Crippen molar-refractivity contribution in [2.45, 2.75) is 59.4 Å². The maximum atomic E-state index is 12.4. The molecule has 0 aromatic rings. The Labute approximate surface area is 147 Å². The molecule has 1 aliphatic rings. The number of nitrogens with zero attached hydrogens (tertiary/aromatic N) is 2. The molecule has 0 spiro atoms. The number of nitrogens with one attached hydrogen (secondary N) is 2. The number of piperidine rings is 1. The van der Waals surface area contributed by atoms with Crippen molar-refractivity contribution in [1.82, 2.24) is 15.5 Å². The number of rotatable bonds is 8. The van der Waals surface area contributed by atoms with Crippen molar-refractivity contribution >= 4 is 11.9 Å². The average Bonchev–Trinajstić information content (AvgIpc) is 2.61. The number of amides is 1. The number of guanidine groups is 1. The fourth-order valence-corrected chi connectivity index (χ4v) is 2.96. The maximum Gasteiger partial charge on any atom is 0.225 e. The molecule has 1 fully saturated rings. The van der Waals surface area contributed by atoms with Gasteiger partial charge < -0.3 is 20.6 Å². The summed E-state index contributed by atoms with van der Waals surface area (Å²) in [5.41, 5.74) is 0. The van der Waals surface area contributed by atoms with Gasteiger partial charge in [0.15, 0.2) is 5.96 Å². The molecule has 1 heterocycles. The Kier molecular flexibility index (Phi) is 9.76. The number of hydrogen-bond acceptors (Lipinski definition) is 3. The first kappa shape index (κ1) is 20.7. The van der Waals surface area contributed by atoms with Gasteiger partial charge in [0.25, 0.3) is 0 Å². The van der Waals surface area contributed by atoms with Crippen LogP contribution >= 0.6 is 0 Å². The number of carbonyl (C=O) groups excluding carboxylic acids is 1. The molecule has 0 aromatic carbocycles. The molecule has 24 heavy (non-hydrogen) atoms. The first-order chi connectivity index (χ1) is 11.5. The summed E-state index contributed by atoms with van der Waals surface area (Å²) in [4.78, 5) is 19.0. The van der Waals surface area contributed by atoms with Crippen molar-refractivity contribution < 1.29 is 9.90 Å². The summed E-state index contributed by atoms with van der Waals surface area (Å²) in [5.74, 6) is 1.46. The van der Waals surface area contributed by atoms with Gasteiger partial charge in [0.05, 0.1) is 0 Å². The molecule has 1 amide bonds. The van der Waals surface area contributed by atoms with Gasteiger partial charge in [-0.2, -0.15) is 0 Å². The molecule has 0 aliphatic carbocycles. The van der Waals surface area contributed by atoms with E-state index in [0.29, 0.717) is 18.5 Å². The summed E-state index contributed by atoms with van der Waals surface area (Å²) in [6.07, 6.45) is 3.75. The lowest BCUT2D eigenvalue weighted by Crippen LogP contribution is -2.50. The Morgan fingerprint density at radius 1 is 1.25 bits per heavy atom. The Bertz CT molecular complexity index is 388. The highest BCUT2D eigenvalue weighted by Crippen LogP contribution is 2.17. The van der Waals surface area contributed by atoms with Crippen LogP contribution in [0.15, 0.2) is 4.99 Å². The van der Waals surface area contributed by atoms with Crippen LogP contribution in [0.5, 0.6) is 0 Å². The van der Waals surface area contributed by atoms with Crippen LogP contribution in [0.4, 0.5) is 0 Å². The second kappa shape index (κ2) is 11.3. The highest BCUT2D eigenvalue weighted by molar-refractivity contribution is 5.80. The molecule has 140 valence electrons. The van der Waals surface area contributed by atoms with E-state index in [1.807, 2.05) is 18.7 Å². The van der Waals surface area contributed by atoms with Crippen LogP contribution in [0, 0.1) is 11.8 Å². The second-order valence-electron chi connectivity index (χ2n) is 6.76. The molecular weight excluding hydrogens is 304 g/mol. The van der Waals surface area contributed by atoms with Gasteiger partial charge in [-0.25, -0.2) is 0 Å². The zero-order chi connectivity index (χ0) is 17.9. The van der Waals surface area contributed by atoms with Crippen molar-refractivity contribution in [2.24, 2.45) is 16.8 Å². The van der Waals surface area contributed by atoms with E-state index in [-0.39, 0.29) is 18.4 Å². The van der Waals surface area contributed by atoms with Gasteiger partial charge in [0, 0.05) is 44.7 Å². The largest absolute Gasteiger partial charge is 0.396 e. The number of aliphatic imine (C=N–C) groups is 1. The van der Waals surface area contributed by atoms with E-state index < -0.39 is 0 Å². The summed E-state index contributed by atoms with van der Waals surface area (Å²) in [6, 6.07) is 0.345. The number of aliphatic hydroxyl groups excluding tert-OH is 1. The van der Waals surface area contributed by atoms with Gasteiger partial charge >= 0.3 is 0 Å². The summed E-state index contributed by atoms with van der Waals surface area (Å²) in [6.45, 7) is 11.4.